The number of fused-ring (bicyclic) bond motifs is 1. The molecule has 0 radical (unpaired) electrons. The van der Waals surface area contributed by atoms with Crippen molar-refractivity contribution >= 4 is 53.3 Å². The fourth-order valence-corrected chi connectivity index (χ4v) is 4.20. The van der Waals surface area contributed by atoms with Crippen LogP contribution in [0.5, 0.6) is 5.75 Å². The number of halogens is 2. The molecular formula is C27H32ClFN4O4S. The average molecular weight is 563 g/mol. The summed E-state index contributed by atoms with van der Waals surface area (Å²) in [5.74, 6) is 0.502. The van der Waals surface area contributed by atoms with Gasteiger partial charge in [-0.1, -0.05) is 17.7 Å². The van der Waals surface area contributed by atoms with Crippen LogP contribution in [-0.4, -0.2) is 71.8 Å². The molecular weight excluding hydrogens is 531 g/mol. The van der Waals surface area contributed by atoms with Gasteiger partial charge in [-0.25, -0.2) is 14.4 Å². The van der Waals surface area contributed by atoms with E-state index in [-0.39, 0.29) is 43.4 Å². The first-order chi connectivity index (χ1) is 17.9. The maximum absolute atomic E-state index is 13.6. The first-order valence-electron chi connectivity index (χ1n) is 12.2. The van der Waals surface area contributed by atoms with E-state index in [0.717, 1.165) is 13.0 Å². The van der Waals surface area contributed by atoms with Crippen molar-refractivity contribution in [2.75, 3.05) is 45.3 Å². The second-order valence-electron chi connectivity index (χ2n) is 8.94. The van der Waals surface area contributed by atoms with Gasteiger partial charge in [-0.05, 0) is 43.8 Å². The number of ketones is 1. The molecule has 3 aromatic rings. The Kier molecular flexibility index (Phi) is 11.3. The molecule has 0 unspecified atom stereocenters. The van der Waals surface area contributed by atoms with Gasteiger partial charge in [0.15, 0.2) is 5.78 Å². The van der Waals surface area contributed by atoms with E-state index in [2.05, 4.69) is 15.3 Å². The summed E-state index contributed by atoms with van der Waals surface area (Å²) in [5, 5.41) is 12.8. The summed E-state index contributed by atoms with van der Waals surface area (Å²) in [6.07, 6.45) is 6.31. The van der Waals surface area contributed by atoms with Gasteiger partial charge >= 0.3 is 0 Å². The Morgan fingerprint density at radius 2 is 2.18 bits per heavy atom. The summed E-state index contributed by atoms with van der Waals surface area (Å²) < 4.78 is 25.3. The molecule has 0 amide bonds. The normalized spacial score (nSPS) is 15.2. The van der Waals surface area contributed by atoms with Crippen LogP contribution in [0.25, 0.3) is 10.9 Å². The Morgan fingerprint density at radius 1 is 1.34 bits per heavy atom. The molecule has 0 aliphatic carbocycles. The minimum Gasteiger partial charge on any atom is -0.488 e. The number of aliphatic hydroxyl groups is 1. The number of aliphatic hydroxyl groups excluding tert-OH is 1. The minimum absolute atomic E-state index is 0. The largest absolute Gasteiger partial charge is 0.488 e. The van der Waals surface area contributed by atoms with Crippen molar-refractivity contribution < 1.29 is 23.8 Å². The Balaban J connectivity index is 0.00000400. The van der Waals surface area contributed by atoms with Crippen LogP contribution >= 0.6 is 25.1 Å². The van der Waals surface area contributed by atoms with E-state index >= 15 is 0 Å². The predicted molar refractivity (Wildman–Crippen MR) is 152 cm³/mol. The van der Waals surface area contributed by atoms with Crippen molar-refractivity contribution in [2.24, 2.45) is 0 Å². The lowest BCUT2D eigenvalue weighted by Gasteiger charge is -2.17. The average Bonchev–Trinajstić information content (AvgIpc) is 3.39. The van der Waals surface area contributed by atoms with Crippen molar-refractivity contribution in [2.45, 2.75) is 25.4 Å². The van der Waals surface area contributed by atoms with Crippen molar-refractivity contribution in [1.82, 2.24) is 14.9 Å². The van der Waals surface area contributed by atoms with E-state index < -0.39 is 5.82 Å². The number of rotatable bonds is 12. The predicted octanol–water partition coefficient (Wildman–Crippen LogP) is 4.43. The van der Waals surface area contributed by atoms with E-state index in [1.54, 1.807) is 12.1 Å². The van der Waals surface area contributed by atoms with Crippen LogP contribution in [0.15, 0.2) is 48.8 Å². The minimum atomic E-state index is -0.508. The third-order valence-corrected chi connectivity index (χ3v) is 6.25. The molecule has 11 heteroatoms. The molecule has 2 heterocycles. The highest BCUT2D eigenvalue weighted by Gasteiger charge is 2.21. The highest BCUT2D eigenvalue weighted by molar-refractivity contribution is 7.59. The third kappa shape index (κ3) is 8.12. The molecule has 38 heavy (non-hydrogen) atoms. The van der Waals surface area contributed by atoms with Crippen LogP contribution in [0.4, 0.5) is 15.9 Å². The quantitative estimate of drug-likeness (QED) is 0.313. The second-order valence-corrected chi connectivity index (χ2v) is 9.35. The molecule has 0 spiro atoms. The lowest BCUT2D eigenvalue weighted by molar-refractivity contribution is -0.114. The molecule has 1 aromatic heterocycles. The fourth-order valence-electron chi connectivity index (χ4n) is 4.01. The third-order valence-electron chi connectivity index (χ3n) is 5.96. The fraction of sp³-hybridized carbons (Fsp3) is 0.370. The van der Waals surface area contributed by atoms with Gasteiger partial charge in [0.2, 0.25) is 0 Å². The molecule has 1 aliphatic heterocycles. The molecule has 2 N–H and O–H groups in total. The summed E-state index contributed by atoms with van der Waals surface area (Å²) in [7, 11) is 1.94. The number of carbonyl (C=O) groups is 1. The zero-order valence-electron chi connectivity index (χ0n) is 21.1. The van der Waals surface area contributed by atoms with Gasteiger partial charge < -0.3 is 24.8 Å². The number of likely N-dealkylation sites (N-methyl/N-ethyl adjacent to an activating group) is 1. The monoisotopic (exact) mass is 562 g/mol. The molecule has 0 saturated carbocycles. The molecule has 8 nitrogen and oxygen atoms in total. The standard InChI is InChI=1S/C27H30ClFN4O4.H2S/c1-33(9-3-10-34)8-2-4-20(35)12-18-13-22-25(15-26(18)37-21-7-11-36-16-21)30-17-31-27(22)32-19-5-6-24(29)23(28)14-19;/h2,4-6,13-15,17,21,34H,3,7-12,16H2,1H3,(H,30,31,32);1H2/b4-2+;/t21-;/m0./s1. The number of ether oxygens (including phenoxy) is 2. The Morgan fingerprint density at radius 3 is 2.92 bits per heavy atom. The summed E-state index contributed by atoms with van der Waals surface area (Å²) in [6, 6.07) is 8.00. The van der Waals surface area contributed by atoms with Crippen LogP contribution in [0.2, 0.25) is 5.02 Å². The van der Waals surface area contributed by atoms with E-state index in [0.29, 0.717) is 59.9 Å². The SMILES string of the molecule is CN(C/C=C/C(=O)Cc1cc2c(Nc3ccc(F)c(Cl)c3)ncnc2cc1O[C@H]1CCOC1)CCCO.S. The topological polar surface area (TPSA) is 96.8 Å². The zero-order chi connectivity index (χ0) is 26.2. The van der Waals surface area contributed by atoms with E-state index in [4.69, 9.17) is 26.2 Å². The summed E-state index contributed by atoms with van der Waals surface area (Å²) in [5.41, 5.74) is 1.91. The van der Waals surface area contributed by atoms with Crippen molar-refractivity contribution in [3.63, 3.8) is 0 Å². The van der Waals surface area contributed by atoms with Crippen LogP contribution < -0.4 is 10.1 Å². The number of carbonyl (C=O) groups excluding carboxylic acids is 1. The van der Waals surface area contributed by atoms with E-state index in [9.17, 15) is 9.18 Å². The summed E-state index contributed by atoms with van der Waals surface area (Å²) in [6.45, 7) is 2.62. The Labute approximate surface area is 233 Å². The number of nitrogens with one attached hydrogen (secondary N) is 1. The van der Waals surface area contributed by atoms with Gasteiger partial charge in [0.25, 0.3) is 0 Å². The van der Waals surface area contributed by atoms with Crippen molar-refractivity contribution in [1.29, 1.82) is 0 Å². The van der Waals surface area contributed by atoms with Gasteiger partial charge in [0, 0.05) is 55.2 Å². The molecule has 204 valence electrons. The number of hydrogen-bond donors (Lipinski definition) is 2. The van der Waals surface area contributed by atoms with Gasteiger partial charge in [0.05, 0.1) is 23.8 Å². The molecule has 0 bridgehead atoms. The molecule has 1 aliphatic rings. The molecule has 2 aromatic carbocycles. The van der Waals surface area contributed by atoms with Crippen LogP contribution in [0, 0.1) is 5.82 Å². The lowest BCUT2D eigenvalue weighted by Crippen LogP contribution is -2.20. The number of benzene rings is 2. The molecule has 4 rings (SSSR count). The second kappa shape index (κ2) is 14.4. The van der Waals surface area contributed by atoms with Gasteiger partial charge in [0.1, 0.15) is 29.8 Å². The molecule has 1 fully saturated rings. The van der Waals surface area contributed by atoms with Crippen LogP contribution in [-0.2, 0) is 16.0 Å². The van der Waals surface area contributed by atoms with Crippen molar-refractivity contribution in [3.05, 3.63) is 65.2 Å². The van der Waals surface area contributed by atoms with Gasteiger partial charge in [-0.15, -0.1) is 0 Å². The summed E-state index contributed by atoms with van der Waals surface area (Å²) >= 11 is 5.94. The number of anilines is 2. The smallest absolute Gasteiger partial charge is 0.159 e. The number of hydrogen-bond acceptors (Lipinski definition) is 8. The molecule has 1 atom stereocenters. The number of aromatic nitrogens is 2. The number of allylic oxidation sites excluding steroid dienone is 1. The Bertz CT molecular complexity index is 1270. The highest BCUT2D eigenvalue weighted by atomic mass is 35.5. The maximum Gasteiger partial charge on any atom is 0.159 e. The first-order valence-corrected chi connectivity index (χ1v) is 12.5. The van der Waals surface area contributed by atoms with E-state index in [1.807, 2.05) is 30.2 Å². The summed E-state index contributed by atoms with van der Waals surface area (Å²) in [4.78, 5) is 23.6. The zero-order valence-corrected chi connectivity index (χ0v) is 22.9. The van der Waals surface area contributed by atoms with Crippen LogP contribution in [0.3, 0.4) is 0 Å². The van der Waals surface area contributed by atoms with Crippen LogP contribution in [0.1, 0.15) is 18.4 Å². The molecule has 1 saturated heterocycles. The van der Waals surface area contributed by atoms with E-state index in [1.165, 1.54) is 18.5 Å². The van der Waals surface area contributed by atoms with Gasteiger partial charge in [-0.3, -0.25) is 4.79 Å². The lowest BCUT2D eigenvalue weighted by atomic mass is 10.0. The highest BCUT2D eigenvalue weighted by Crippen LogP contribution is 2.32. The van der Waals surface area contributed by atoms with Gasteiger partial charge in [-0.2, -0.15) is 13.5 Å². The maximum atomic E-state index is 13.6. The Hall–Kier alpha value is -2.76. The first kappa shape index (κ1) is 29.8. The number of nitrogens with zero attached hydrogens (tertiary/aromatic N) is 3. The van der Waals surface area contributed by atoms with Crippen molar-refractivity contribution in [3.8, 4) is 5.75 Å².